The van der Waals surface area contributed by atoms with Crippen LogP contribution < -0.4 is 22.1 Å². The van der Waals surface area contributed by atoms with Crippen molar-refractivity contribution < 1.29 is 0 Å². The van der Waals surface area contributed by atoms with Crippen molar-refractivity contribution in [1.29, 1.82) is 0 Å². The standard InChI is InChI=1S/C9H21N.C7H19N3/c1-3-5-6-7-9-10-8-4-2;8-4-2-1-3-6-10-7-5-9/h10H,3-9H2,1-2H3;10H,1-9H2. The van der Waals surface area contributed by atoms with Crippen LogP contribution in [0.4, 0.5) is 0 Å². The van der Waals surface area contributed by atoms with Crippen LogP contribution in [0.25, 0.3) is 0 Å². The van der Waals surface area contributed by atoms with Gasteiger partial charge in [-0.15, -0.1) is 0 Å². The molecular formula is C16H40N4. The Labute approximate surface area is 127 Å². The summed E-state index contributed by atoms with van der Waals surface area (Å²) in [4.78, 5) is 0. The van der Waals surface area contributed by atoms with Gasteiger partial charge in [-0.3, -0.25) is 0 Å². The first-order valence-corrected chi connectivity index (χ1v) is 8.64. The summed E-state index contributed by atoms with van der Waals surface area (Å²) in [6.07, 6.45) is 10.3. The fraction of sp³-hybridized carbons (Fsp3) is 1.00. The van der Waals surface area contributed by atoms with Crippen LogP contribution in [-0.4, -0.2) is 39.3 Å². The molecule has 0 bridgehead atoms. The number of hydrogen-bond acceptors (Lipinski definition) is 4. The lowest BCUT2D eigenvalue weighted by Crippen LogP contribution is -2.23. The molecule has 0 fully saturated rings. The molecule has 0 atom stereocenters. The van der Waals surface area contributed by atoms with Crippen molar-refractivity contribution in [2.45, 2.75) is 65.2 Å². The van der Waals surface area contributed by atoms with Gasteiger partial charge in [0.05, 0.1) is 0 Å². The van der Waals surface area contributed by atoms with Crippen LogP contribution in [0, 0.1) is 0 Å². The highest BCUT2D eigenvalue weighted by atomic mass is 14.9. The third kappa shape index (κ3) is 26.4. The zero-order valence-electron chi connectivity index (χ0n) is 14.1. The molecule has 4 heteroatoms. The van der Waals surface area contributed by atoms with Crippen molar-refractivity contribution in [3.63, 3.8) is 0 Å². The fourth-order valence-electron chi connectivity index (χ4n) is 1.78. The maximum Gasteiger partial charge on any atom is 0.00745 e. The molecule has 0 saturated heterocycles. The predicted molar refractivity (Wildman–Crippen MR) is 92.1 cm³/mol. The number of nitrogens with one attached hydrogen (secondary N) is 2. The van der Waals surface area contributed by atoms with Crippen molar-refractivity contribution in [2.75, 3.05) is 39.3 Å². The molecule has 0 aromatic rings. The Hall–Kier alpha value is -0.160. The van der Waals surface area contributed by atoms with Gasteiger partial charge < -0.3 is 22.1 Å². The van der Waals surface area contributed by atoms with Gasteiger partial charge in [0.25, 0.3) is 0 Å². The molecule has 0 saturated carbocycles. The van der Waals surface area contributed by atoms with E-state index in [1.165, 1.54) is 58.0 Å². The molecule has 0 heterocycles. The Kier molecular flexibility index (Phi) is 26.4. The Morgan fingerprint density at radius 1 is 0.550 bits per heavy atom. The first-order chi connectivity index (χ1) is 9.83. The van der Waals surface area contributed by atoms with Crippen molar-refractivity contribution in [2.24, 2.45) is 11.5 Å². The normalized spacial score (nSPS) is 10.2. The second kappa shape index (κ2) is 23.9. The Morgan fingerprint density at radius 3 is 1.65 bits per heavy atom. The van der Waals surface area contributed by atoms with E-state index in [4.69, 9.17) is 11.5 Å². The van der Waals surface area contributed by atoms with Crippen LogP contribution in [0.15, 0.2) is 0 Å². The fourth-order valence-corrected chi connectivity index (χ4v) is 1.78. The van der Waals surface area contributed by atoms with E-state index in [-0.39, 0.29) is 0 Å². The first kappa shape index (κ1) is 22.1. The Morgan fingerprint density at radius 2 is 1.15 bits per heavy atom. The van der Waals surface area contributed by atoms with Crippen LogP contribution >= 0.6 is 0 Å². The van der Waals surface area contributed by atoms with Gasteiger partial charge in [-0.2, -0.15) is 0 Å². The lowest BCUT2D eigenvalue weighted by atomic mass is 10.2. The molecule has 0 rings (SSSR count). The van der Waals surface area contributed by atoms with Crippen LogP contribution in [-0.2, 0) is 0 Å². The monoisotopic (exact) mass is 288 g/mol. The second-order valence-corrected chi connectivity index (χ2v) is 5.20. The van der Waals surface area contributed by atoms with Crippen molar-refractivity contribution in [3.05, 3.63) is 0 Å². The van der Waals surface area contributed by atoms with Crippen LogP contribution in [0.5, 0.6) is 0 Å². The maximum atomic E-state index is 5.33. The van der Waals surface area contributed by atoms with Crippen LogP contribution in [0.3, 0.4) is 0 Å². The molecule has 0 spiro atoms. The molecule has 0 aromatic carbocycles. The third-order valence-electron chi connectivity index (χ3n) is 3.01. The Balaban J connectivity index is 0. The van der Waals surface area contributed by atoms with E-state index in [1.54, 1.807) is 0 Å². The molecule has 0 amide bonds. The molecule has 124 valence electrons. The quantitative estimate of drug-likeness (QED) is 0.370. The van der Waals surface area contributed by atoms with E-state index in [1.807, 2.05) is 0 Å². The van der Waals surface area contributed by atoms with Crippen molar-refractivity contribution >= 4 is 0 Å². The average Bonchev–Trinajstić information content (AvgIpc) is 2.47. The molecule has 6 N–H and O–H groups in total. The molecule has 0 aromatic heterocycles. The molecule has 4 nitrogen and oxygen atoms in total. The SMILES string of the molecule is CCCCCCNCCC.NCCCCCNCCN. The molecule has 0 aliphatic carbocycles. The number of hydrogen-bond donors (Lipinski definition) is 4. The van der Waals surface area contributed by atoms with Gasteiger partial charge in [0.1, 0.15) is 0 Å². The van der Waals surface area contributed by atoms with Gasteiger partial charge in [-0.25, -0.2) is 0 Å². The first-order valence-electron chi connectivity index (χ1n) is 8.64. The minimum absolute atomic E-state index is 0.733. The number of rotatable bonds is 14. The predicted octanol–water partition coefficient (Wildman–Crippen LogP) is 2.23. The third-order valence-corrected chi connectivity index (χ3v) is 3.01. The highest BCUT2D eigenvalue weighted by Crippen LogP contribution is 1.96. The summed E-state index contributed by atoms with van der Waals surface area (Å²) >= 11 is 0. The smallest absolute Gasteiger partial charge is 0.00745 e. The zero-order valence-corrected chi connectivity index (χ0v) is 14.1. The summed E-state index contributed by atoms with van der Waals surface area (Å²) in [7, 11) is 0. The maximum absolute atomic E-state index is 5.33. The highest BCUT2D eigenvalue weighted by Gasteiger charge is 1.86. The summed E-state index contributed by atoms with van der Waals surface area (Å²) in [5.41, 5.74) is 10.6. The number of unbranched alkanes of at least 4 members (excludes halogenated alkanes) is 5. The lowest BCUT2D eigenvalue weighted by Gasteiger charge is -2.00. The van der Waals surface area contributed by atoms with Gasteiger partial charge in [0, 0.05) is 13.1 Å². The molecule has 0 aliphatic heterocycles. The van der Waals surface area contributed by atoms with E-state index in [2.05, 4.69) is 24.5 Å². The topological polar surface area (TPSA) is 76.1 Å². The largest absolute Gasteiger partial charge is 0.330 e. The summed E-state index contributed by atoms with van der Waals surface area (Å²) in [5, 5.41) is 6.62. The van der Waals surface area contributed by atoms with Crippen molar-refractivity contribution in [1.82, 2.24) is 10.6 Å². The van der Waals surface area contributed by atoms with Crippen LogP contribution in [0.1, 0.15) is 65.2 Å². The molecular weight excluding hydrogens is 248 g/mol. The van der Waals surface area contributed by atoms with Crippen LogP contribution in [0.2, 0.25) is 0 Å². The number of nitrogens with two attached hydrogens (primary N) is 2. The molecule has 0 unspecified atom stereocenters. The van der Waals surface area contributed by atoms with E-state index in [9.17, 15) is 0 Å². The summed E-state index contributed by atoms with van der Waals surface area (Å²) in [6.45, 7) is 10.4. The Bertz CT molecular complexity index is 110. The van der Waals surface area contributed by atoms with Gasteiger partial charge in [-0.1, -0.05) is 39.5 Å². The minimum Gasteiger partial charge on any atom is -0.330 e. The average molecular weight is 289 g/mol. The lowest BCUT2D eigenvalue weighted by molar-refractivity contribution is 0.594. The second-order valence-electron chi connectivity index (χ2n) is 5.20. The van der Waals surface area contributed by atoms with Gasteiger partial charge >= 0.3 is 0 Å². The summed E-state index contributed by atoms with van der Waals surface area (Å²) < 4.78 is 0. The van der Waals surface area contributed by atoms with Gasteiger partial charge in [0.2, 0.25) is 0 Å². The molecule has 0 radical (unpaired) electrons. The summed E-state index contributed by atoms with van der Waals surface area (Å²) in [6, 6.07) is 0. The minimum atomic E-state index is 0.733. The van der Waals surface area contributed by atoms with E-state index in [0.29, 0.717) is 0 Å². The zero-order chi connectivity index (χ0) is 15.3. The molecule has 0 aliphatic rings. The van der Waals surface area contributed by atoms with E-state index < -0.39 is 0 Å². The van der Waals surface area contributed by atoms with E-state index >= 15 is 0 Å². The van der Waals surface area contributed by atoms with Crippen molar-refractivity contribution in [3.8, 4) is 0 Å². The summed E-state index contributed by atoms with van der Waals surface area (Å²) in [5.74, 6) is 0. The molecule has 20 heavy (non-hydrogen) atoms. The highest BCUT2D eigenvalue weighted by molar-refractivity contribution is 4.49. The van der Waals surface area contributed by atoms with Gasteiger partial charge in [0.15, 0.2) is 0 Å². The van der Waals surface area contributed by atoms with E-state index in [0.717, 1.165) is 32.6 Å². The van der Waals surface area contributed by atoms with Gasteiger partial charge in [-0.05, 0) is 51.9 Å².